The standard InChI is InChI=1S/C23H25N5O2/c24-23(29)18-16-26-22(14-20(18)25-15-17-6-2-1-3-7-17)27-19-8-4-5-9-21(19)28-10-12-30-13-11-28/h1-9,14,16H,10-13,15H2,(H2,24,29)(H2,25,26,27). The molecule has 0 atom stereocenters. The number of morpholine rings is 1. The summed E-state index contributed by atoms with van der Waals surface area (Å²) in [6.45, 7) is 3.70. The van der Waals surface area contributed by atoms with Crippen molar-refractivity contribution < 1.29 is 9.53 Å². The minimum Gasteiger partial charge on any atom is -0.380 e. The SMILES string of the molecule is NC(=O)c1cnc(Nc2ccccc2N2CCOCC2)cc1NCc1ccccc1. The molecule has 1 aliphatic heterocycles. The zero-order valence-corrected chi connectivity index (χ0v) is 16.7. The lowest BCUT2D eigenvalue weighted by Gasteiger charge is -2.30. The molecule has 2 heterocycles. The Morgan fingerprint density at radius 3 is 2.53 bits per heavy atom. The molecule has 1 aliphatic rings. The summed E-state index contributed by atoms with van der Waals surface area (Å²) < 4.78 is 5.47. The fraction of sp³-hybridized carbons (Fsp3) is 0.217. The van der Waals surface area contributed by atoms with Crippen LogP contribution in [0.5, 0.6) is 0 Å². The Balaban J connectivity index is 1.57. The van der Waals surface area contributed by atoms with Crippen LogP contribution >= 0.6 is 0 Å². The third-order valence-corrected chi connectivity index (χ3v) is 5.01. The number of rotatable bonds is 7. The van der Waals surface area contributed by atoms with Crippen LogP contribution in [0, 0.1) is 0 Å². The van der Waals surface area contributed by atoms with Gasteiger partial charge in [0.15, 0.2) is 0 Å². The first-order valence-electron chi connectivity index (χ1n) is 9.97. The summed E-state index contributed by atoms with van der Waals surface area (Å²) in [5.41, 5.74) is 9.71. The summed E-state index contributed by atoms with van der Waals surface area (Å²) in [5, 5.41) is 6.70. The van der Waals surface area contributed by atoms with Crippen LogP contribution in [0.1, 0.15) is 15.9 Å². The van der Waals surface area contributed by atoms with Crippen molar-refractivity contribution in [3.63, 3.8) is 0 Å². The molecule has 2 aromatic carbocycles. The van der Waals surface area contributed by atoms with Gasteiger partial charge in [-0.2, -0.15) is 0 Å². The molecule has 1 fully saturated rings. The number of nitrogens with one attached hydrogen (secondary N) is 2. The third kappa shape index (κ3) is 4.69. The normalized spacial score (nSPS) is 13.7. The monoisotopic (exact) mass is 403 g/mol. The van der Waals surface area contributed by atoms with Gasteiger partial charge in [0, 0.05) is 31.9 Å². The predicted molar refractivity (Wildman–Crippen MR) is 119 cm³/mol. The highest BCUT2D eigenvalue weighted by molar-refractivity contribution is 5.98. The molecule has 1 aromatic heterocycles. The van der Waals surface area contributed by atoms with Crippen LogP contribution in [0.15, 0.2) is 66.9 Å². The molecule has 30 heavy (non-hydrogen) atoms. The number of para-hydroxylation sites is 2. The molecule has 0 spiro atoms. The first-order chi connectivity index (χ1) is 14.7. The average Bonchev–Trinajstić information content (AvgIpc) is 2.79. The first kappa shape index (κ1) is 19.7. The molecule has 7 nitrogen and oxygen atoms in total. The van der Waals surface area contributed by atoms with Crippen LogP contribution in [-0.4, -0.2) is 37.2 Å². The minimum atomic E-state index is -0.515. The van der Waals surface area contributed by atoms with Gasteiger partial charge in [0.2, 0.25) is 0 Å². The maximum absolute atomic E-state index is 11.9. The maximum atomic E-state index is 11.9. The molecule has 0 saturated carbocycles. The molecular weight excluding hydrogens is 378 g/mol. The Bertz CT molecular complexity index is 1000. The summed E-state index contributed by atoms with van der Waals surface area (Å²) >= 11 is 0. The zero-order chi connectivity index (χ0) is 20.8. The number of nitrogens with two attached hydrogens (primary N) is 1. The van der Waals surface area contributed by atoms with Gasteiger partial charge in [-0.05, 0) is 17.7 Å². The summed E-state index contributed by atoms with van der Waals surface area (Å²) in [6.07, 6.45) is 1.51. The van der Waals surface area contributed by atoms with Gasteiger partial charge in [-0.25, -0.2) is 4.98 Å². The van der Waals surface area contributed by atoms with Crippen LogP contribution in [0.3, 0.4) is 0 Å². The molecule has 0 bridgehead atoms. The number of amides is 1. The molecule has 154 valence electrons. The van der Waals surface area contributed by atoms with Crippen molar-refractivity contribution in [2.75, 3.05) is 41.8 Å². The Morgan fingerprint density at radius 1 is 1.03 bits per heavy atom. The van der Waals surface area contributed by atoms with Crippen molar-refractivity contribution in [3.05, 3.63) is 78.0 Å². The van der Waals surface area contributed by atoms with E-state index in [-0.39, 0.29) is 0 Å². The number of pyridine rings is 1. The number of hydrogen-bond donors (Lipinski definition) is 3. The van der Waals surface area contributed by atoms with Crippen LogP contribution in [-0.2, 0) is 11.3 Å². The second-order valence-electron chi connectivity index (χ2n) is 7.06. The van der Waals surface area contributed by atoms with Crippen molar-refractivity contribution in [3.8, 4) is 0 Å². The molecule has 3 aromatic rings. The third-order valence-electron chi connectivity index (χ3n) is 5.01. The molecule has 0 unspecified atom stereocenters. The van der Waals surface area contributed by atoms with Gasteiger partial charge in [-0.1, -0.05) is 42.5 Å². The Hall–Kier alpha value is -3.58. The number of carbonyl (C=O) groups is 1. The van der Waals surface area contributed by atoms with E-state index in [1.165, 1.54) is 6.20 Å². The van der Waals surface area contributed by atoms with E-state index in [1.54, 1.807) is 0 Å². The molecule has 4 N–H and O–H groups in total. The number of carbonyl (C=O) groups excluding carboxylic acids is 1. The highest BCUT2D eigenvalue weighted by atomic mass is 16.5. The van der Waals surface area contributed by atoms with Crippen LogP contribution in [0.4, 0.5) is 22.9 Å². The topological polar surface area (TPSA) is 92.5 Å². The second kappa shape index (κ2) is 9.28. The highest BCUT2D eigenvalue weighted by Crippen LogP contribution is 2.30. The fourth-order valence-corrected chi connectivity index (χ4v) is 3.46. The van der Waals surface area contributed by atoms with Crippen molar-refractivity contribution in [2.45, 2.75) is 6.54 Å². The number of aromatic nitrogens is 1. The van der Waals surface area contributed by atoms with Crippen LogP contribution in [0.2, 0.25) is 0 Å². The van der Waals surface area contributed by atoms with E-state index in [4.69, 9.17) is 10.5 Å². The van der Waals surface area contributed by atoms with Crippen LogP contribution < -0.4 is 21.3 Å². The van der Waals surface area contributed by atoms with Gasteiger partial charge in [-0.15, -0.1) is 0 Å². The molecule has 0 aliphatic carbocycles. The van der Waals surface area contributed by atoms with Crippen molar-refractivity contribution in [1.82, 2.24) is 4.98 Å². The van der Waals surface area contributed by atoms with Crippen molar-refractivity contribution >= 4 is 28.8 Å². The maximum Gasteiger partial charge on any atom is 0.252 e. The Morgan fingerprint density at radius 2 is 1.77 bits per heavy atom. The highest BCUT2D eigenvalue weighted by Gasteiger charge is 2.16. The lowest BCUT2D eigenvalue weighted by atomic mass is 10.2. The van der Waals surface area contributed by atoms with Gasteiger partial charge < -0.3 is 26.0 Å². The number of primary amides is 1. The van der Waals surface area contributed by atoms with Gasteiger partial charge in [0.25, 0.3) is 5.91 Å². The van der Waals surface area contributed by atoms with E-state index in [0.29, 0.717) is 36.8 Å². The smallest absolute Gasteiger partial charge is 0.252 e. The summed E-state index contributed by atoms with van der Waals surface area (Å²) in [4.78, 5) is 18.6. The van der Waals surface area contributed by atoms with E-state index < -0.39 is 5.91 Å². The quantitative estimate of drug-likeness (QED) is 0.560. The van der Waals surface area contributed by atoms with Gasteiger partial charge in [-0.3, -0.25) is 4.79 Å². The summed E-state index contributed by atoms with van der Waals surface area (Å²) in [7, 11) is 0. The van der Waals surface area contributed by atoms with Gasteiger partial charge >= 0.3 is 0 Å². The summed E-state index contributed by atoms with van der Waals surface area (Å²) in [6, 6.07) is 19.9. The van der Waals surface area contributed by atoms with Gasteiger partial charge in [0.05, 0.1) is 35.8 Å². The molecule has 0 radical (unpaired) electrons. The van der Waals surface area contributed by atoms with E-state index in [1.807, 2.05) is 54.6 Å². The Labute approximate surface area is 175 Å². The number of hydrogen-bond acceptors (Lipinski definition) is 6. The van der Waals surface area contributed by atoms with E-state index in [9.17, 15) is 4.79 Å². The molecule has 1 saturated heterocycles. The number of nitrogens with zero attached hydrogens (tertiary/aromatic N) is 2. The summed E-state index contributed by atoms with van der Waals surface area (Å²) in [5.74, 6) is 0.120. The lowest BCUT2D eigenvalue weighted by Crippen LogP contribution is -2.36. The largest absolute Gasteiger partial charge is 0.380 e. The number of anilines is 4. The molecule has 1 amide bonds. The van der Waals surface area contributed by atoms with E-state index >= 15 is 0 Å². The number of ether oxygens (including phenoxy) is 1. The van der Waals surface area contributed by atoms with Crippen molar-refractivity contribution in [1.29, 1.82) is 0 Å². The molecule has 4 rings (SSSR count). The van der Waals surface area contributed by atoms with E-state index in [2.05, 4.69) is 26.6 Å². The average molecular weight is 403 g/mol. The Kier molecular flexibility index (Phi) is 6.10. The molecular formula is C23H25N5O2. The predicted octanol–water partition coefficient (Wildman–Crippen LogP) is 3.37. The van der Waals surface area contributed by atoms with Gasteiger partial charge in [0.1, 0.15) is 5.82 Å². The zero-order valence-electron chi connectivity index (χ0n) is 16.7. The molecule has 7 heteroatoms. The fourth-order valence-electron chi connectivity index (χ4n) is 3.46. The number of benzene rings is 2. The lowest BCUT2D eigenvalue weighted by molar-refractivity contribution is 0.100. The minimum absolute atomic E-state index is 0.359. The van der Waals surface area contributed by atoms with E-state index in [0.717, 1.165) is 30.0 Å². The van der Waals surface area contributed by atoms with Crippen LogP contribution in [0.25, 0.3) is 0 Å². The second-order valence-corrected chi connectivity index (χ2v) is 7.06. The van der Waals surface area contributed by atoms with Crippen molar-refractivity contribution in [2.24, 2.45) is 5.73 Å². The first-order valence-corrected chi connectivity index (χ1v) is 9.97.